The molecule has 0 spiro atoms. The van der Waals surface area contributed by atoms with Crippen molar-refractivity contribution < 1.29 is 4.39 Å². The molecule has 3 heteroatoms. The van der Waals surface area contributed by atoms with E-state index >= 15 is 0 Å². The number of allylic oxidation sites excluding steroid dienone is 6. The zero-order valence-electron chi connectivity index (χ0n) is 26.2. The van der Waals surface area contributed by atoms with Gasteiger partial charge in [0.05, 0.1) is 0 Å². The van der Waals surface area contributed by atoms with Crippen LogP contribution in [-0.4, -0.2) is 24.4 Å². The van der Waals surface area contributed by atoms with Gasteiger partial charge in [-0.05, 0) is 93.7 Å². The smallest absolute Gasteiger partial charge is 0.130 e. The third-order valence-electron chi connectivity index (χ3n) is 6.69. The minimum atomic E-state index is -0.172. The van der Waals surface area contributed by atoms with E-state index in [9.17, 15) is 4.39 Å². The summed E-state index contributed by atoms with van der Waals surface area (Å²) in [6, 6.07) is 14.1. The molecular formula is C38H51ClFN. The first-order valence-electron chi connectivity index (χ1n) is 14.7. The molecule has 0 unspecified atom stereocenters. The summed E-state index contributed by atoms with van der Waals surface area (Å²) in [5.41, 5.74) is 8.31. The molecule has 1 aliphatic rings. The van der Waals surface area contributed by atoms with Crippen LogP contribution in [0.3, 0.4) is 0 Å². The van der Waals surface area contributed by atoms with Crippen molar-refractivity contribution in [1.82, 2.24) is 4.90 Å². The summed E-state index contributed by atoms with van der Waals surface area (Å²) in [5, 5.41) is 0. The molecule has 1 aliphatic carbocycles. The molecule has 2 aromatic rings. The van der Waals surface area contributed by atoms with Crippen LogP contribution < -0.4 is 0 Å². The maximum absolute atomic E-state index is 14.6. The number of rotatable bonds is 12. The molecule has 2 aromatic carbocycles. The van der Waals surface area contributed by atoms with Crippen molar-refractivity contribution in [3.05, 3.63) is 113 Å². The predicted molar refractivity (Wildman–Crippen MR) is 184 cm³/mol. The van der Waals surface area contributed by atoms with Gasteiger partial charge in [-0.15, -0.1) is 31.0 Å². The number of hydrogen-bond acceptors (Lipinski definition) is 1. The van der Waals surface area contributed by atoms with E-state index in [1.165, 1.54) is 53.5 Å². The maximum Gasteiger partial charge on any atom is 0.130 e. The lowest BCUT2D eigenvalue weighted by atomic mass is 9.90. The Morgan fingerprint density at radius 3 is 2.29 bits per heavy atom. The van der Waals surface area contributed by atoms with Gasteiger partial charge in [0.1, 0.15) is 5.82 Å². The van der Waals surface area contributed by atoms with Crippen molar-refractivity contribution in [2.45, 2.75) is 73.1 Å². The Kier molecular flexibility index (Phi) is 21.6. The van der Waals surface area contributed by atoms with E-state index in [1.54, 1.807) is 6.07 Å². The van der Waals surface area contributed by atoms with Crippen molar-refractivity contribution in [2.24, 2.45) is 0 Å². The van der Waals surface area contributed by atoms with Crippen LogP contribution in [0.2, 0.25) is 0 Å². The fraction of sp³-hybridized carbons (Fsp3) is 0.368. The molecule has 0 heterocycles. The van der Waals surface area contributed by atoms with Crippen LogP contribution in [0.5, 0.6) is 0 Å². The number of nitrogens with zero attached hydrogens (tertiary/aromatic N) is 1. The molecule has 1 nitrogen and oxygen atoms in total. The molecule has 3 rings (SSSR count). The summed E-state index contributed by atoms with van der Waals surface area (Å²) in [4.78, 5) is 2.25. The first kappa shape index (κ1) is 37.7. The Bertz CT molecular complexity index is 1150. The number of halogens is 2. The van der Waals surface area contributed by atoms with E-state index in [2.05, 4.69) is 105 Å². The topological polar surface area (TPSA) is 3.24 Å². The molecular weight excluding hydrogens is 525 g/mol. The van der Waals surface area contributed by atoms with Crippen LogP contribution in [0, 0.1) is 25.6 Å². The van der Waals surface area contributed by atoms with Crippen molar-refractivity contribution in [3.8, 4) is 12.8 Å². The van der Waals surface area contributed by atoms with Gasteiger partial charge in [0.15, 0.2) is 0 Å². The van der Waals surface area contributed by atoms with Crippen molar-refractivity contribution in [3.63, 3.8) is 0 Å². The highest BCUT2D eigenvalue weighted by Gasteiger charge is 2.10. The van der Waals surface area contributed by atoms with Gasteiger partial charge in [0.2, 0.25) is 0 Å². The highest BCUT2D eigenvalue weighted by Crippen LogP contribution is 2.30. The summed E-state index contributed by atoms with van der Waals surface area (Å²) in [6.07, 6.45) is 28.9. The third kappa shape index (κ3) is 14.3. The highest BCUT2D eigenvalue weighted by molar-refractivity contribution is 6.15. The molecule has 0 aliphatic heterocycles. The second-order valence-corrected chi connectivity index (χ2v) is 9.46. The van der Waals surface area contributed by atoms with Crippen molar-refractivity contribution in [2.75, 3.05) is 19.5 Å². The molecule has 0 saturated heterocycles. The summed E-state index contributed by atoms with van der Waals surface area (Å²) in [6.45, 7) is 15.8. The van der Waals surface area contributed by atoms with Crippen LogP contribution >= 0.6 is 11.6 Å². The van der Waals surface area contributed by atoms with Crippen LogP contribution in [0.25, 0.3) is 17.2 Å². The number of benzene rings is 2. The molecule has 0 aromatic heterocycles. The Morgan fingerprint density at radius 1 is 1.02 bits per heavy atom. The molecule has 41 heavy (non-hydrogen) atoms. The monoisotopic (exact) mass is 575 g/mol. The van der Waals surface area contributed by atoms with E-state index < -0.39 is 0 Å². The Balaban J connectivity index is 0.00000250. The maximum atomic E-state index is 14.6. The second kappa shape index (κ2) is 23.4. The molecule has 0 saturated carbocycles. The average Bonchev–Trinajstić information content (AvgIpc) is 3.03. The average molecular weight is 576 g/mol. The van der Waals surface area contributed by atoms with Gasteiger partial charge in [0.25, 0.3) is 0 Å². The Morgan fingerprint density at radius 2 is 1.71 bits per heavy atom. The normalized spacial score (nSPS) is 12.4. The first-order chi connectivity index (χ1) is 20.0. The van der Waals surface area contributed by atoms with E-state index in [0.717, 1.165) is 37.9 Å². The van der Waals surface area contributed by atoms with Gasteiger partial charge in [-0.25, -0.2) is 4.39 Å². The number of terminal acetylenes is 1. The second-order valence-electron chi connectivity index (χ2n) is 9.46. The van der Waals surface area contributed by atoms with Gasteiger partial charge in [0, 0.05) is 31.2 Å². The summed E-state index contributed by atoms with van der Waals surface area (Å²) in [5.74, 6) is -0.172. The summed E-state index contributed by atoms with van der Waals surface area (Å²) >= 11 is 4.64. The zero-order chi connectivity index (χ0) is 31.0. The van der Waals surface area contributed by atoms with E-state index in [4.69, 9.17) is 0 Å². The Labute approximate surface area is 256 Å². The molecule has 0 atom stereocenters. The lowest BCUT2D eigenvalue weighted by Crippen LogP contribution is -2.16. The van der Waals surface area contributed by atoms with Crippen LogP contribution in [0.4, 0.5) is 4.39 Å². The minimum absolute atomic E-state index is 0.172. The van der Waals surface area contributed by atoms with Crippen molar-refractivity contribution in [1.29, 1.82) is 0 Å². The van der Waals surface area contributed by atoms with Gasteiger partial charge in [-0.2, -0.15) is 0 Å². The molecule has 0 N–H and O–H groups in total. The van der Waals surface area contributed by atoms with Gasteiger partial charge >= 0.3 is 0 Å². The molecule has 0 radical (unpaired) electrons. The molecule has 222 valence electrons. The van der Waals surface area contributed by atoms with E-state index in [0.29, 0.717) is 5.56 Å². The summed E-state index contributed by atoms with van der Waals surface area (Å²) < 4.78 is 14.6. The fourth-order valence-electron chi connectivity index (χ4n) is 4.39. The van der Waals surface area contributed by atoms with Gasteiger partial charge < -0.3 is 4.90 Å². The fourth-order valence-corrected chi connectivity index (χ4v) is 4.39. The zero-order valence-corrected chi connectivity index (χ0v) is 27.0. The summed E-state index contributed by atoms with van der Waals surface area (Å²) in [7, 11) is 0. The minimum Gasteiger partial charge on any atom is -0.374 e. The molecule has 0 fully saturated rings. The van der Waals surface area contributed by atoms with Gasteiger partial charge in [-0.1, -0.05) is 85.7 Å². The lowest BCUT2D eigenvalue weighted by Gasteiger charge is -2.18. The van der Waals surface area contributed by atoms with Gasteiger partial charge in [-0.3, -0.25) is 0 Å². The largest absolute Gasteiger partial charge is 0.374 e. The highest BCUT2D eigenvalue weighted by atomic mass is 35.5. The van der Waals surface area contributed by atoms with Crippen LogP contribution in [-0.2, 0) is 0 Å². The SMILES string of the molecule is C#C.C=CCCCCC1=CC=C(c2ccc(F)c(/C=C/CN(/C=C(\C)c3ccc(C)cc3)CC)c2)CC1.CC.CCl. The Hall–Kier alpha value is -3.28. The van der Waals surface area contributed by atoms with Crippen molar-refractivity contribution >= 4 is 28.8 Å². The number of unbranched alkanes of at least 4 members (excludes halogenated alkanes) is 2. The predicted octanol–water partition coefficient (Wildman–Crippen LogP) is 11.5. The number of likely N-dealkylation sites (N-methyl/N-ethyl adjacent to an activating group) is 1. The standard InChI is InChI=1S/C33H40FN.C2H6.C2H2.CH3Cl/c1-5-7-8-9-11-28-15-19-30(20-16-28)31-21-22-33(34)32(24-31)12-10-23-35(6-2)25-27(4)29-17-13-26(3)14-18-29;3*1-2/h5,10,12-15,17-19,21-22,24-25H,1,6-9,11,16,20,23H2,2-4H3;1-2H3;1-2H;1H3/b12-10+,27-25+;;;. The molecule has 0 bridgehead atoms. The van der Waals surface area contributed by atoms with Crippen LogP contribution in [0.1, 0.15) is 88.5 Å². The van der Waals surface area contributed by atoms with E-state index in [-0.39, 0.29) is 5.82 Å². The van der Waals surface area contributed by atoms with Crippen LogP contribution in [0.15, 0.2) is 85.1 Å². The quantitative estimate of drug-likeness (QED) is 0.105. The number of aryl methyl sites for hydroxylation is 1. The number of hydrogen-bond donors (Lipinski definition) is 0. The lowest BCUT2D eigenvalue weighted by molar-refractivity contribution is 0.441. The molecule has 0 amide bonds. The van der Waals surface area contributed by atoms with E-state index in [1.807, 2.05) is 38.1 Å². The third-order valence-corrected chi connectivity index (χ3v) is 6.69. The first-order valence-corrected chi connectivity index (χ1v) is 15.4. The number of alkyl halides is 1.